The molecule has 2 aliphatic heterocycles. The third-order valence-electron chi connectivity index (χ3n) is 7.91. The minimum atomic E-state index is -0.179. The first-order valence-electron chi connectivity index (χ1n) is 13.7. The number of nitriles is 1. The van der Waals surface area contributed by atoms with Crippen molar-refractivity contribution in [2.45, 2.75) is 50.7 Å². The summed E-state index contributed by atoms with van der Waals surface area (Å²) in [5.41, 5.74) is 0.792. The maximum Gasteiger partial charge on any atom is 0.271 e. The van der Waals surface area contributed by atoms with Gasteiger partial charge in [0.25, 0.3) is 5.91 Å². The molecule has 3 fully saturated rings. The molecule has 1 aromatic carbocycles. The predicted octanol–water partition coefficient (Wildman–Crippen LogP) is 3.24. The molecule has 1 saturated carbocycles. The van der Waals surface area contributed by atoms with E-state index in [-0.39, 0.29) is 18.1 Å². The molecule has 3 aliphatic rings. The number of hydrogen-bond acceptors (Lipinski definition) is 8. The number of halogens is 1. The lowest BCUT2D eigenvalue weighted by atomic mass is 9.93. The maximum absolute atomic E-state index is 12.8. The zero-order chi connectivity index (χ0) is 26.3. The summed E-state index contributed by atoms with van der Waals surface area (Å²) in [6.45, 7) is 7.65. The second kappa shape index (κ2) is 12.7. The number of carbonyl (C=O) groups is 1. The maximum atomic E-state index is 12.8. The molecule has 0 atom stereocenters. The highest BCUT2D eigenvalue weighted by atomic mass is 35.5. The number of piperidine rings is 1. The zero-order valence-corrected chi connectivity index (χ0v) is 22.5. The molecule has 38 heavy (non-hydrogen) atoms. The van der Waals surface area contributed by atoms with Crippen molar-refractivity contribution in [1.29, 1.82) is 5.26 Å². The molecule has 0 bridgehead atoms. The number of piperazine rings is 1. The first-order valence-corrected chi connectivity index (χ1v) is 14.1. The van der Waals surface area contributed by atoms with Crippen LogP contribution in [0.3, 0.4) is 0 Å². The number of nitrogens with one attached hydrogen (secondary N) is 2. The average molecular weight is 538 g/mol. The van der Waals surface area contributed by atoms with E-state index in [2.05, 4.69) is 36.5 Å². The van der Waals surface area contributed by atoms with E-state index in [4.69, 9.17) is 21.6 Å². The Hall–Kier alpha value is -2.93. The minimum Gasteiger partial charge on any atom is -0.490 e. The normalized spacial score (nSPS) is 23.0. The molecule has 3 heterocycles. The van der Waals surface area contributed by atoms with Gasteiger partial charge in [0.1, 0.15) is 23.3 Å². The highest BCUT2D eigenvalue weighted by Gasteiger charge is 2.26. The number of nitrogens with zero attached hydrogens (tertiary/aromatic N) is 5. The summed E-state index contributed by atoms with van der Waals surface area (Å²) in [7, 11) is 0. The molecular formula is C28H36ClN7O2. The Morgan fingerprint density at radius 2 is 1.84 bits per heavy atom. The quantitative estimate of drug-likeness (QED) is 0.554. The van der Waals surface area contributed by atoms with Crippen molar-refractivity contribution in [3.05, 3.63) is 46.9 Å². The van der Waals surface area contributed by atoms with Gasteiger partial charge in [0.2, 0.25) is 0 Å². The average Bonchev–Trinajstić information content (AvgIpc) is 2.95. The molecule has 9 nitrogen and oxygen atoms in total. The van der Waals surface area contributed by atoms with Gasteiger partial charge in [-0.2, -0.15) is 5.26 Å². The second-order valence-electron chi connectivity index (χ2n) is 10.6. The van der Waals surface area contributed by atoms with Gasteiger partial charge in [-0.25, -0.2) is 9.97 Å². The summed E-state index contributed by atoms with van der Waals surface area (Å²) >= 11 is 6.11. The molecular weight excluding hydrogens is 502 g/mol. The SMILES string of the molecule is N#Cc1ccc(OC2CCC(NC(=O)c3cnc(N4CCC(CN5CCNCC5)CC4)cn3)CC2)cc1Cl. The Kier molecular flexibility index (Phi) is 8.94. The van der Waals surface area contributed by atoms with E-state index >= 15 is 0 Å². The Balaban J connectivity index is 1.04. The molecule has 0 unspecified atom stereocenters. The van der Waals surface area contributed by atoms with Crippen LogP contribution in [0.15, 0.2) is 30.6 Å². The van der Waals surface area contributed by atoms with Crippen molar-refractivity contribution < 1.29 is 9.53 Å². The summed E-state index contributed by atoms with van der Waals surface area (Å²) in [5, 5.41) is 15.9. The fourth-order valence-corrected chi connectivity index (χ4v) is 5.85. The van der Waals surface area contributed by atoms with Crippen LogP contribution in [-0.2, 0) is 0 Å². The molecule has 10 heteroatoms. The Labute approximate surface area is 229 Å². The van der Waals surface area contributed by atoms with Gasteiger partial charge in [-0.15, -0.1) is 0 Å². The molecule has 0 spiro atoms. The van der Waals surface area contributed by atoms with Crippen molar-refractivity contribution in [3.63, 3.8) is 0 Å². The summed E-state index contributed by atoms with van der Waals surface area (Å²) in [6, 6.07) is 7.27. The van der Waals surface area contributed by atoms with Crippen LogP contribution in [0.2, 0.25) is 5.02 Å². The first kappa shape index (κ1) is 26.7. The Bertz CT molecular complexity index is 1120. The van der Waals surface area contributed by atoms with Gasteiger partial charge >= 0.3 is 0 Å². The number of anilines is 1. The fourth-order valence-electron chi connectivity index (χ4n) is 5.64. The highest BCUT2D eigenvalue weighted by molar-refractivity contribution is 6.31. The molecule has 2 saturated heterocycles. The minimum absolute atomic E-state index is 0.0623. The van der Waals surface area contributed by atoms with Gasteiger partial charge in [0.15, 0.2) is 0 Å². The van der Waals surface area contributed by atoms with Crippen molar-refractivity contribution in [3.8, 4) is 11.8 Å². The number of aromatic nitrogens is 2. The van der Waals surface area contributed by atoms with Crippen molar-refractivity contribution in [1.82, 2.24) is 25.5 Å². The second-order valence-corrected chi connectivity index (χ2v) is 11.0. The standard InChI is InChI=1S/C28H36ClN7O2/c29-25-15-24(4-1-21(25)16-30)38-23-5-2-22(3-6-23)34-28(37)26-17-33-27(18-32-26)36-11-7-20(8-12-36)19-35-13-9-31-10-14-35/h1,4,15,17-18,20,22-23,31H,2-3,5-14,19H2,(H,34,37). The highest BCUT2D eigenvalue weighted by Crippen LogP contribution is 2.27. The van der Waals surface area contributed by atoms with E-state index in [1.165, 1.54) is 19.4 Å². The number of hydrogen-bond donors (Lipinski definition) is 2. The van der Waals surface area contributed by atoms with E-state index in [0.29, 0.717) is 22.0 Å². The lowest BCUT2D eigenvalue weighted by Gasteiger charge is -2.36. The van der Waals surface area contributed by atoms with Crippen LogP contribution in [0, 0.1) is 17.2 Å². The zero-order valence-electron chi connectivity index (χ0n) is 21.7. The molecule has 2 N–H and O–H groups in total. The molecule has 0 radical (unpaired) electrons. The smallest absolute Gasteiger partial charge is 0.271 e. The number of carbonyl (C=O) groups excluding carboxylic acids is 1. The Morgan fingerprint density at radius 3 is 2.50 bits per heavy atom. The number of ether oxygens (including phenoxy) is 1. The van der Waals surface area contributed by atoms with E-state index in [1.807, 2.05) is 0 Å². The van der Waals surface area contributed by atoms with Gasteiger partial charge in [0, 0.05) is 57.9 Å². The summed E-state index contributed by atoms with van der Waals surface area (Å²) in [6.07, 6.45) is 9.04. The van der Waals surface area contributed by atoms with Gasteiger partial charge in [0.05, 0.1) is 29.1 Å². The van der Waals surface area contributed by atoms with Crippen LogP contribution in [0.25, 0.3) is 0 Å². The van der Waals surface area contributed by atoms with Gasteiger partial charge in [-0.1, -0.05) is 11.6 Å². The number of rotatable bonds is 7. The van der Waals surface area contributed by atoms with Crippen LogP contribution in [0.5, 0.6) is 5.75 Å². The molecule has 1 aromatic heterocycles. The van der Waals surface area contributed by atoms with Gasteiger partial charge in [-0.3, -0.25) is 4.79 Å². The van der Waals surface area contributed by atoms with Crippen LogP contribution in [-0.4, -0.2) is 78.7 Å². The monoisotopic (exact) mass is 537 g/mol. The first-order chi connectivity index (χ1) is 18.6. The van der Waals surface area contributed by atoms with Gasteiger partial charge < -0.3 is 25.2 Å². The topological polar surface area (TPSA) is 106 Å². The molecule has 2 aromatic rings. The molecule has 1 amide bonds. The number of benzene rings is 1. The summed E-state index contributed by atoms with van der Waals surface area (Å²) in [4.78, 5) is 26.7. The largest absolute Gasteiger partial charge is 0.490 e. The molecule has 202 valence electrons. The third-order valence-corrected chi connectivity index (χ3v) is 8.22. The van der Waals surface area contributed by atoms with Crippen LogP contribution in [0.4, 0.5) is 5.82 Å². The molecule has 1 aliphatic carbocycles. The predicted molar refractivity (Wildman–Crippen MR) is 147 cm³/mol. The van der Waals surface area contributed by atoms with E-state index in [0.717, 1.165) is 76.7 Å². The van der Waals surface area contributed by atoms with Crippen LogP contribution >= 0.6 is 11.6 Å². The van der Waals surface area contributed by atoms with Crippen LogP contribution < -0.4 is 20.3 Å². The summed E-state index contributed by atoms with van der Waals surface area (Å²) in [5.74, 6) is 2.08. The van der Waals surface area contributed by atoms with Crippen molar-refractivity contribution in [2.24, 2.45) is 5.92 Å². The lowest BCUT2D eigenvalue weighted by Crippen LogP contribution is -2.47. The van der Waals surface area contributed by atoms with E-state index in [9.17, 15) is 4.79 Å². The van der Waals surface area contributed by atoms with Gasteiger partial charge in [-0.05, 0) is 56.6 Å². The van der Waals surface area contributed by atoms with Crippen molar-refractivity contribution >= 4 is 23.3 Å². The molecule has 5 rings (SSSR count). The summed E-state index contributed by atoms with van der Waals surface area (Å²) < 4.78 is 6.05. The Morgan fingerprint density at radius 1 is 1.08 bits per heavy atom. The lowest BCUT2D eigenvalue weighted by molar-refractivity contribution is 0.0888. The fraction of sp³-hybridized carbons (Fsp3) is 0.571. The van der Waals surface area contributed by atoms with E-state index in [1.54, 1.807) is 30.6 Å². The third kappa shape index (κ3) is 6.93. The van der Waals surface area contributed by atoms with E-state index < -0.39 is 0 Å². The number of amides is 1. The van der Waals surface area contributed by atoms with Crippen molar-refractivity contribution in [2.75, 3.05) is 50.7 Å². The van der Waals surface area contributed by atoms with Crippen LogP contribution in [0.1, 0.15) is 54.6 Å².